The number of imidazole rings is 1. The first kappa shape index (κ1) is 26.3. The molecule has 0 saturated heterocycles. The second-order valence-corrected chi connectivity index (χ2v) is 11.1. The highest BCUT2D eigenvalue weighted by molar-refractivity contribution is 7.89. The van der Waals surface area contributed by atoms with Crippen LogP contribution in [0, 0.1) is 6.92 Å². The van der Waals surface area contributed by atoms with E-state index >= 15 is 0 Å². The van der Waals surface area contributed by atoms with E-state index in [0.717, 1.165) is 39.1 Å². The van der Waals surface area contributed by atoms with Crippen molar-refractivity contribution in [3.05, 3.63) is 131 Å². The van der Waals surface area contributed by atoms with E-state index in [0.29, 0.717) is 6.42 Å². The number of benzene rings is 4. The zero-order valence-electron chi connectivity index (χ0n) is 21.5. The third kappa shape index (κ3) is 6.60. The molecule has 4 aromatic carbocycles. The Balaban J connectivity index is 1.32. The standard InChI is InChI=1S/C31H29N3O4S/c1-22-32-28-14-8-13-26(30(28)33-22)19-24-15-17-27(18-16-24)39(36,37)34-29(20-23-9-4-2-5-10-23)31(35)38-21-25-11-6-3-7-12-25/h2-18,29,34H,19-21H2,1H3,(H,32,33)/t29-/m0/s1. The molecule has 0 spiro atoms. The van der Waals surface area contributed by atoms with Crippen LogP contribution in [0.5, 0.6) is 0 Å². The number of fused-ring (bicyclic) bond motifs is 1. The molecule has 1 aromatic heterocycles. The maximum atomic E-state index is 13.3. The predicted molar refractivity (Wildman–Crippen MR) is 151 cm³/mol. The lowest BCUT2D eigenvalue weighted by Gasteiger charge is -2.18. The molecule has 0 radical (unpaired) electrons. The van der Waals surface area contributed by atoms with Crippen molar-refractivity contribution in [1.29, 1.82) is 0 Å². The Kier molecular flexibility index (Phi) is 7.86. The molecule has 0 bridgehead atoms. The van der Waals surface area contributed by atoms with E-state index in [1.54, 1.807) is 24.3 Å². The number of rotatable bonds is 10. The molecule has 0 aliphatic rings. The molecule has 5 rings (SSSR count). The van der Waals surface area contributed by atoms with Crippen LogP contribution < -0.4 is 4.72 Å². The number of H-pyrrole nitrogens is 1. The van der Waals surface area contributed by atoms with Gasteiger partial charge in [-0.3, -0.25) is 4.79 Å². The van der Waals surface area contributed by atoms with Gasteiger partial charge in [0.1, 0.15) is 18.5 Å². The number of aryl methyl sites for hydroxylation is 1. The fraction of sp³-hybridized carbons (Fsp3) is 0.161. The van der Waals surface area contributed by atoms with Gasteiger partial charge in [0.05, 0.1) is 15.9 Å². The number of carbonyl (C=O) groups is 1. The van der Waals surface area contributed by atoms with E-state index in [1.165, 1.54) is 0 Å². The summed E-state index contributed by atoms with van der Waals surface area (Å²) < 4.78 is 34.7. The number of carbonyl (C=O) groups excluding carboxylic acids is 1. The van der Waals surface area contributed by atoms with Crippen molar-refractivity contribution in [3.63, 3.8) is 0 Å². The van der Waals surface area contributed by atoms with Gasteiger partial charge in [-0.25, -0.2) is 13.4 Å². The molecule has 0 amide bonds. The van der Waals surface area contributed by atoms with Gasteiger partial charge in [-0.05, 0) is 60.2 Å². The molecule has 0 saturated carbocycles. The zero-order chi connectivity index (χ0) is 27.2. The number of sulfonamides is 1. The van der Waals surface area contributed by atoms with Gasteiger partial charge in [-0.15, -0.1) is 0 Å². The second-order valence-electron chi connectivity index (χ2n) is 9.41. The Labute approximate surface area is 227 Å². The molecule has 1 heterocycles. The fourth-order valence-electron chi connectivity index (χ4n) is 4.47. The number of ether oxygens (including phenoxy) is 1. The van der Waals surface area contributed by atoms with Crippen molar-refractivity contribution < 1.29 is 17.9 Å². The molecule has 7 nitrogen and oxygen atoms in total. The summed E-state index contributed by atoms with van der Waals surface area (Å²) in [6.45, 7) is 1.97. The summed E-state index contributed by atoms with van der Waals surface area (Å²) in [5, 5.41) is 0. The van der Waals surface area contributed by atoms with Gasteiger partial charge < -0.3 is 9.72 Å². The van der Waals surface area contributed by atoms with Crippen LogP contribution in [0.4, 0.5) is 0 Å². The minimum absolute atomic E-state index is 0.0592. The molecule has 198 valence electrons. The van der Waals surface area contributed by atoms with Crippen molar-refractivity contribution in [2.45, 2.75) is 37.3 Å². The number of esters is 1. The summed E-state index contributed by atoms with van der Waals surface area (Å²) in [6, 6.07) is 30.1. The average Bonchev–Trinajstić information content (AvgIpc) is 3.34. The van der Waals surface area contributed by atoms with Crippen LogP contribution in [0.15, 0.2) is 108 Å². The summed E-state index contributed by atoms with van der Waals surface area (Å²) in [7, 11) is -4.00. The predicted octanol–water partition coefficient (Wildman–Crippen LogP) is 5.10. The largest absolute Gasteiger partial charge is 0.460 e. The Morgan fingerprint density at radius 2 is 1.51 bits per heavy atom. The Morgan fingerprint density at radius 1 is 0.846 bits per heavy atom. The van der Waals surface area contributed by atoms with E-state index < -0.39 is 22.0 Å². The fourth-order valence-corrected chi connectivity index (χ4v) is 5.66. The minimum Gasteiger partial charge on any atom is -0.460 e. The van der Waals surface area contributed by atoms with Crippen LogP contribution in [0.25, 0.3) is 11.0 Å². The summed E-state index contributed by atoms with van der Waals surface area (Å²) in [6.07, 6.45) is 0.775. The summed E-state index contributed by atoms with van der Waals surface area (Å²) in [4.78, 5) is 20.9. The lowest BCUT2D eigenvalue weighted by molar-refractivity contribution is -0.147. The first-order valence-electron chi connectivity index (χ1n) is 12.7. The Hall–Kier alpha value is -4.27. The topological polar surface area (TPSA) is 101 Å². The second kappa shape index (κ2) is 11.6. The van der Waals surface area contributed by atoms with Gasteiger partial charge in [-0.2, -0.15) is 4.72 Å². The lowest BCUT2D eigenvalue weighted by Crippen LogP contribution is -2.43. The molecule has 5 aromatic rings. The molecule has 0 unspecified atom stereocenters. The molecular weight excluding hydrogens is 510 g/mol. The van der Waals surface area contributed by atoms with Crippen molar-refractivity contribution in [3.8, 4) is 0 Å². The van der Waals surface area contributed by atoms with Crippen LogP contribution in [0.1, 0.15) is 28.1 Å². The molecule has 39 heavy (non-hydrogen) atoms. The van der Waals surface area contributed by atoms with E-state index in [1.807, 2.05) is 85.8 Å². The maximum absolute atomic E-state index is 13.3. The van der Waals surface area contributed by atoms with Crippen molar-refractivity contribution >= 4 is 27.0 Å². The molecule has 0 fully saturated rings. The molecule has 0 aliphatic carbocycles. The van der Waals surface area contributed by atoms with Crippen LogP contribution in [0.2, 0.25) is 0 Å². The van der Waals surface area contributed by atoms with Crippen LogP contribution in [-0.2, 0) is 39.0 Å². The number of nitrogens with one attached hydrogen (secondary N) is 2. The van der Waals surface area contributed by atoms with Gasteiger partial charge in [-0.1, -0.05) is 84.9 Å². The molecule has 8 heteroatoms. The molecular formula is C31H29N3O4S. The highest BCUT2D eigenvalue weighted by Gasteiger charge is 2.27. The van der Waals surface area contributed by atoms with Gasteiger partial charge in [0.15, 0.2) is 0 Å². The SMILES string of the molecule is Cc1nc2c(Cc3ccc(S(=O)(=O)N[C@@H](Cc4ccccc4)C(=O)OCc4ccccc4)cc3)cccc2[nH]1. The van der Waals surface area contributed by atoms with Gasteiger partial charge in [0.2, 0.25) is 10.0 Å². The number of hydrogen-bond donors (Lipinski definition) is 2. The molecule has 0 aliphatic heterocycles. The van der Waals surface area contributed by atoms with Gasteiger partial charge in [0, 0.05) is 0 Å². The average molecular weight is 540 g/mol. The third-order valence-corrected chi connectivity index (χ3v) is 7.92. The smallest absolute Gasteiger partial charge is 0.324 e. The summed E-state index contributed by atoms with van der Waals surface area (Å²) >= 11 is 0. The quantitative estimate of drug-likeness (QED) is 0.241. The summed E-state index contributed by atoms with van der Waals surface area (Å²) in [5.74, 6) is 0.211. The van der Waals surface area contributed by atoms with Crippen molar-refractivity contribution in [1.82, 2.24) is 14.7 Å². The normalized spacial score (nSPS) is 12.3. The zero-order valence-corrected chi connectivity index (χ0v) is 22.3. The highest BCUT2D eigenvalue weighted by Crippen LogP contribution is 2.21. The van der Waals surface area contributed by atoms with Crippen LogP contribution >= 0.6 is 0 Å². The van der Waals surface area contributed by atoms with E-state index in [4.69, 9.17) is 4.74 Å². The van der Waals surface area contributed by atoms with Crippen molar-refractivity contribution in [2.75, 3.05) is 0 Å². The number of para-hydroxylation sites is 1. The Bertz CT molecular complexity index is 1670. The first-order chi connectivity index (χ1) is 18.9. The number of nitrogens with zero attached hydrogens (tertiary/aromatic N) is 1. The lowest BCUT2D eigenvalue weighted by atomic mass is 10.0. The van der Waals surface area contributed by atoms with E-state index in [9.17, 15) is 13.2 Å². The van der Waals surface area contributed by atoms with Crippen molar-refractivity contribution in [2.24, 2.45) is 0 Å². The summed E-state index contributed by atoms with van der Waals surface area (Å²) in [5.41, 5.74) is 5.52. The minimum atomic E-state index is -4.00. The number of aromatic amines is 1. The van der Waals surface area contributed by atoms with E-state index in [-0.39, 0.29) is 17.9 Å². The van der Waals surface area contributed by atoms with Crippen LogP contribution in [0.3, 0.4) is 0 Å². The monoisotopic (exact) mass is 539 g/mol. The molecule has 2 N–H and O–H groups in total. The number of aromatic nitrogens is 2. The van der Waals surface area contributed by atoms with E-state index in [2.05, 4.69) is 14.7 Å². The maximum Gasteiger partial charge on any atom is 0.324 e. The van der Waals surface area contributed by atoms with Gasteiger partial charge >= 0.3 is 5.97 Å². The third-order valence-electron chi connectivity index (χ3n) is 6.43. The highest BCUT2D eigenvalue weighted by atomic mass is 32.2. The number of hydrogen-bond acceptors (Lipinski definition) is 5. The Morgan fingerprint density at radius 3 is 2.21 bits per heavy atom. The van der Waals surface area contributed by atoms with Crippen LogP contribution in [-0.4, -0.2) is 30.4 Å². The first-order valence-corrected chi connectivity index (χ1v) is 14.2. The molecule has 1 atom stereocenters. The van der Waals surface area contributed by atoms with Gasteiger partial charge in [0.25, 0.3) is 0 Å².